The zero-order chi connectivity index (χ0) is 22.6. The molecule has 6 N–H and O–H groups in total. The summed E-state index contributed by atoms with van der Waals surface area (Å²) in [7, 11) is 3.10. The Morgan fingerprint density at radius 3 is 1.68 bits per heavy atom. The molecule has 162 valence electrons. The van der Waals surface area contributed by atoms with Crippen molar-refractivity contribution in [1.29, 1.82) is 10.8 Å². The fourth-order valence-corrected chi connectivity index (χ4v) is 2.65. The third-order valence-electron chi connectivity index (χ3n) is 4.31. The highest BCUT2D eigenvalue weighted by atomic mass is 16.5. The lowest BCUT2D eigenvalue weighted by Crippen LogP contribution is -2.10. The Morgan fingerprint density at radius 1 is 0.806 bits per heavy atom. The van der Waals surface area contributed by atoms with E-state index in [-0.39, 0.29) is 5.84 Å². The number of benzene rings is 3. The molecular formula is C24H28N4O3. The Morgan fingerprint density at radius 2 is 1.26 bits per heavy atom. The first-order valence-corrected chi connectivity index (χ1v) is 9.62. The highest BCUT2D eigenvalue weighted by molar-refractivity contribution is 5.94. The summed E-state index contributed by atoms with van der Waals surface area (Å²) in [6.07, 6.45) is 1.31. The average molecular weight is 421 g/mol. The average Bonchev–Trinajstić information content (AvgIpc) is 2.83. The van der Waals surface area contributed by atoms with Gasteiger partial charge in [0.05, 0.1) is 7.11 Å². The number of nitrogens with one attached hydrogen (secondary N) is 2. The van der Waals surface area contributed by atoms with Crippen molar-refractivity contribution in [3.63, 3.8) is 0 Å². The van der Waals surface area contributed by atoms with E-state index in [0.717, 1.165) is 16.7 Å². The van der Waals surface area contributed by atoms with Gasteiger partial charge < -0.3 is 31.1 Å². The van der Waals surface area contributed by atoms with Gasteiger partial charge in [-0.05, 0) is 23.7 Å². The van der Waals surface area contributed by atoms with E-state index in [1.807, 2.05) is 42.5 Å². The van der Waals surface area contributed by atoms with Crippen molar-refractivity contribution in [1.82, 2.24) is 0 Å². The molecule has 0 heterocycles. The van der Waals surface area contributed by atoms with E-state index in [1.165, 1.54) is 13.3 Å². The van der Waals surface area contributed by atoms with Gasteiger partial charge in [0.15, 0.2) is 0 Å². The van der Waals surface area contributed by atoms with Crippen LogP contribution >= 0.6 is 0 Å². The standard InChI is InChI=1S/C23H23N3O3.CH5N/c1-27-20-10-21(28-14-17-4-2-16(13-24)3-5-17)12-22(11-20)29-15-18-6-8-19(9-7-18)23(25)26;1-2/h2-13,24H,14-15H2,1H3,(H3,25,26);2H2,1H3. The molecule has 0 bridgehead atoms. The molecular weight excluding hydrogens is 392 g/mol. The molecule has 0 saturated heterocycles. The van der Waals surface area contributed by atoms with Gasteiger partial charge in [-0.15, -0.1) is 0 Å². The van der Waals surface area contributed by atoms with Gasteiger partial charge >= 0.3 is 0 Å². The molecule has 3 rings (SSSR count). The number of amidine groups is 1. The lowest BCUT2D eigenvalue weighted by molar-refractivity contribution is 0.286. The molecule has 31 heavy (non-hydrogen) atoms. The van der Waals surface area contributed by atoms with Crippen LogP contribution in [-0.4, -0.2) is 26.2 Å². The van der Waals surface area contributed by atoms with Crippen molar-refractivity contribution in [2.24, 2.45) is 11.5 Å². The van der Waals surface area contributed by atoms with Gasteiger partial charge in [0.25, 0.3) is 0 Å². The summed E-state index contributed by atoms with van der Waals surface area (Å²) in [5, 5.41) is 14.7. The zero-order valence-corrected chi connectivity index (χ0v) is 17.7. The van der Waals surface area contributed by atoms with E-state index in [9.17, 15) is 0 Å². The quantitative estimate of drug-likeness (QED) is 0.310. The van der Waals surface area contributed by atoms with Gasteiger partial charge in [0.1, 0.15) is 36.3 Å². The Bertz CT molecular complexity index is 987. The van der Waals surface area contributed by atoms with Crippen molar-refractivity contribution in [3.05, 3.63) is 89.0 Å². The molecule has 0 aliphatic rings. The smallest absolute Gasteiger partial charge is 0.127 e. The molecule has 0 unspecified atom stereocenters. The van der Waals surface area contributed by atoms with Crippen LogP contribution in [0.15, 0.2) is 66.7 Å². The van der Waals surface area contributed by atoms with Crippen LogP contribution in [0.4, 0.5) is 0 Å². The second kappa shape index (κ2) is 12.0. The van der Waals surface area contributed by atoms with Crippen molar-refractivity contribution < 1.29 is 14.2 Å². The van der Waals surface area contributed by atoms with Crippen molar-refractivity contribution in [2.75, 3.05) is 14.2 Å². The zero-order valence-electron chi connectivity index (χ0n) is 17.7. The second-order valence-electron chi connectivity index (χ2n) is 6.42. The maximum absolute atomic E-state index is 7.44. The fraction of sp³-hybridized carbons (Fsp3) is 0.167. The summed E-state index contributed by atoms with van der Waals surface area (Å²) < 4.78 is 17.1. The largest absolute Gasteiger partial charge is 0.496 e. The van der Waals surface area contributed by atoms with Gasteiger partial charge in [-0.25, -0.2) is 0 Å². The normalized spacial score (nSPS) is 9.77. The van der Waals surface area contributed by atoms with E-state index in [1.54, 1.807) is 31.4 Å². The third-order valence-corrected chi connectivity index (χ3v) is 4.31. The predicted molar refractivity (Wildman–Crippen MR) is 124 cm³/mol. The number of hydrogen-bond acceptors (Lipinski definition) is 6. The van der Waals surface area contributed by atoms with Crippen LogP contribution in [0.25, 0.3) is 0 Å². The maximum Gasteiger partial charge on any atom is 0.127 e. The molecule has 7 heteroatoms. The molecule has 7 nitrogen and oxygen atoms in total. The van der Waals surface area contributed by atoms with Crippen molar-refractivity contribution >= 4 is 12.1 Å². The molecule has 0 fully saturated rings. The van der Waals surface area contributed by atoms with Crippen LogP contribution in [0, 0.1) is 10.8 Å². The van der Waals surface area contributed by atoms with Crippen LogP contribution in [-0.2, 0) is 13.2 Å². The first kappa shape index (κ1) is 23.4. The summed E-state index contributed by atoms with van der Waals surface area (Å²) in [6.45, 7) is 0.771. The lowest BCUT2D eigenvalue weighted by atomic mass is 10.1. The minimum atomic E-state index is 0.0412. The van der Waals surface area contributed by atoms with Crippen molar-refractivity contribution in [3.8, 4) is 17.2 Å². The Kier molecular flexibility index (Phi) is 9.07. The van der Waals surface area contributed by atoms with E-state index in [0.29, 0.717) is 36.0 Å². The van der Waals surface area contributed by atoms with Gasteiger partial charge in [-0.2, -0.15) is 0 Å². The molecule has 0 aromatic heterocycles. The summed E-state index contributed by atoms with van der Waals surface area (Å²) in [4.78, 5) is 0. The minimum Gasteiger partial charge on any atom is -0.496 e. The third kappa shape index (κ3) is 7.17. The van der Waals surface area contributed by atoms with Crippen molar-refractivity contribution in [2.45, 2.75) is 13.2 Å². The SMILES string of the molecule is CN.COc1cc(OCc2ccc(C=N)cc2)cc(OCc2ccc(C(=N)N)cc2)c1. The summed E-state index contributed by atoms with van der Waals surface area (Å²) >= 11 is 0. The molecule has 0 aliphatic heterocycles. The number of rotatable bonds is 9. The predicted octanol–water partition coefficient (Wildman–Crippen LogP) is 3.71. The molecule has 0 radical (unpaired) electrons. The molecule has 0 atom stereocenters. The Labute approximate surface area is 182 Å². The summed E-state index contributed by atoms with van der Waals surface area (Å²) in [6, 6.07) is 20.4. The van der Waals surface area contributed by atoms with E-state index >= 15 is 0 Å². The highest BCUT2D eigenvalue weighted by Gasteiger charge is 2.06. The lowest BCUT2D eigenvalue weighted by Gasteiger charge is -2.12. The minimum absolute atomic E-state index is 0.0412. The molecule has 0 amide bonds. The van der Waals surface area contributed by atoms with Crippen LogP contribution in [0.3, 0.4) is 0 Å². The number of nitrogen functional groups attached to an aromatic ring is 1. The maximum atomic E-state index is 7.44. The molecule has 0 saturated carbocycles. The molecule has 3 aromatic rings. The molecule has 3 aromatic carbocycles. The molecule has 0 spiro atoms. The number of ether oxygens (including phenoxy) is 3. The first-order chi connectivity index (χ1) is 15.1. The van der Waals surface area contributed by atoms with Crippen LogP contribution in [0.1, 0.15) is 22.3 Å². The van der Waals surface area contributed by atoms with Crippen LogP contribution in [0.2, 0.25) is 0 Å². The fourth-order valence-electron chi connectivity index (χ4n) is 2.65. The Hall–Kier alpha value is -3.84. The number of methoxy groups -OCH3 is 1. The van der Waals surface area contributed by atoms with Gasteiger partial charge in [0.2, 0.25) is 0 Å². The van der Waals surface area contributed by atoms with Gasteiger partial charge in [0, 0.05) is 30.0 Å². The van der Waals surface area contributed by atoms with E-state index < -0.39 is 0 Å². The monoisotopic (exact) mass is 420 g/mol. The Balaban J connectivity index is 0.00000166. The van der Waals surface area contributed by atoms with Gasteiger partial charge in [-0.1, -0.05) is 48.5 Å². The summed E-state index contributed by atoms with van der Waals surface area (Å²) in [5.41, 5.74) is 13.5. The second-order valence-corrected chi connectivity index (χ2v) is 6.42. The highest BCUT2D eigenvalue weighted by Crippen LogP contribution is 2.29. The van der Waals surface area contributed by atoms with Crippen LogP contribution in [0.5, 0.6) is 17.2 Å². The van der Waals surface area contributed by atoms with Crippen LogP contribution < -0.4 is 25.7 Å². The topological polar surface area (TPSA) is 127 Å². The van der Waals surface area contributed by atoms with E-state index in [4.69, 9.17) is 30.8 Å². The van der Waals surface area contributed by atoms with E-state index in [2.05, 4.69) is 5.73 Å². The number of hydrogen-bond donors (Lipinski definition) is 4. The molecule has 0 aliphatic carbocycles. The number of nitrogens with two attached hydrogens (primary N) is 2. The van der Waals surface area contributed by atoms with Gasteiger partial charge in [-0.3, -0.25) is 5.41 Å². The first-order valence-electron chi connectivity index (χ1n) is 9.62. The summed E-state index contributed by atoms with van der Waals surface area (Å²) in [5.74, 6) is 1.96.